The Morgan fingerprint density at radius 1 is 1.09 bits per heavy atom. The van der Waals surface area contributed by atoms with Crippen LogP contribution in [0.4, 0.5) is 0 Å². The minimum Gasteiger partial charge on any atom is -0.496 e. The van der Waals surface area contributed by atoms with E-state index >= 15 is 0 Å². The van der Waals surface area contributed by atoms with E-state index in [-0.39, 0.29) is 17.8 Å². The molecule has 7 nitrogen and oxygen atoms in total. The Hall–Kier alpha value is -3.09. The van der Waals surface area contributed by atoms with Crippen molar-refractivity contribution in [3.8, 4) is 5.75 Å². The molecule has 1 heterocycles. The van der Waals surface area contributed by atoms with Crippen molar-refractivity contribution in [1.82, 2.24) is 5.32 Å². The molecule has 0 aromatic heterocycles. The topological polar surface area (TPSA) is 90.9 Å². The summed E-state index contributed by atoms with van der Waals surface area (Å²) in [6, 6.07) is 7.35. The molecular formula is C26H31NO6. The van der Waals surface area contributed by atoms with Gasteiger partial charge in [-0.3, -0.25) is 9.59 Å². The molecule has 0 saturated heterocycles. The molecular weight excluding hydrogens is 422 g/mol. The van der Waals surface area contributed by atoms with Crippen molar-refractivity contribution in [2.24, 2.45) is 11.8 Å². The van der Waals surface area contributed by atoms with E-state index in [1.807, 2.05) is 32.0 Å². The summed E-state index contributed by atoms with van der Waals surface area (Å²) in [7, 11) is 2.85. The smallest absolute Gasteiger partial charge is 0.337 e. The maximum atomic E-state index is 13.8. The van der Waals surface area contributed by atoms with Gasteiger partial charge in [-0.1, -0.05) is 25.1 Å². The second kappa shape index (κ2) is 9.41. The number of carbonyl (C=O) groups excluding carboxylic acids is 3. The summed E-state index contributed by atoms with van der Waals surface area (Å²) in [5, 5.41) is 3.29. The van der Waals surface area contributed by atoms with Crippen LogP contribution in [0.2, 0.25) is 0 Å². The van der Waals surface area contributed by atoms with Gasteiger partial charge in [0.1, 0.15) is 17.8 Å². The van der Waals surface area contributed by atoms with Crippen molar-refractivity contribution >= 4 is 17.7 Å². The Balaban J connectivity index is 1.84. The molecule has 3 atom stereocenters. The number of allylic oxidation sites excluding steroid dienone is 3. The van der Waals surface area contributed by atoms with Crippen molar-refractivity contribution in [3.63, 3.8) is 0 Å². The van der Waals surface area contributed by atoms with Crippen LogP contribution in [-0.2, 0) is 23.9 Å². The molecule has 0 radical (unpaired) electrons. The minimum absolute atomic E-state index is 0.114. The lowest BCUT2D eigenvalue weighted by atomic mass is 9.69. The highest BCUT2D eigenvalue weighted by Crippen LogP contribution is 2.47. The predicted molar refractivity (Wildman–Crippen MR) is 121 cm³/mol. The van der Waals surface area contributed by atoms with Crippen LogP contribution in [0.3, 0.4) is 0 Å². The van der Waals surface area contributed by atoms with Crippen molar-refractivity contribution in [3.05, 3.63) is 52.4 Å². The molecule has 2 aliphatic carbocycles. The third-order valence-corrected chi connectivity index (χ3v) is 6.99. The number of para-hydroxylation sites is 1. The largest absolute Gasteiger partial charge is 0.496 e. The van der Waals surface area contributed by atoms with Gasteiger partial charge >= 0.3 is 11.9 Å². The average molecular weight is 454 g/mol. The van der Waals surface area contributed by atoms with Gasteiger partial charge < -0.3 is 19.5 Å². The van der Waals surface area contributed by atoms with Gasteiger partial charge in [-0.05, 0) is 51.0 Å². The van der Waals surface area contributed by atoms with Gasteiger partial charge in [0.25, 0.3) is 0 Å². The zero-order valence-corrected chi connectivity index (χ0v) is 19.6. The maximum Gasteiger partial charge on any atom is 0.337 e. The first-order valence-electron chi connectivity index (χ1n) is 11.5. The van der Waals surface area contributed by atoms with E-state index in [9.17, 15) is 14.4 Å². The summed E-state index contributed by atoms with van der Waals surface area (Å²) in [6.45, 7) is 3.70. The second-order valence-corrected chi connectivity index (χ2v) is 9.09. The van der Waals surface area contributed by atoms with Crippen molar-refractivity contribution in [2.75, 3.05) is 14.2 Å². The van der Waals surface area contributed by atoms with Gasteiger partial charge in [-0.25, -0.2) is 4.79 Å². The molecule has 3 aliphatic rings. The fourth-order valence-electron chi connectivity index (χ4n) is 5.39. The third-order valence-electron chi connectivity index (χ3n) is 6.99. The molecule has 4 rings (SSSR count). The highest BCUT2D eigenvalue weighted by atomic mass is 16.5. The van der Waals surface area contributed by atoms with Crippen molar-refractivity contribution < 1.29 is 28.6 Å². The number of hydrogen-bond donors (Lipinski definition) is 1. The van der Waals surface area contributed by atoms with Crippen LogP contribution in [0.5, 0.6) is 5.75 Å². The number of nitrogens with one attached hydrogen (secondary N) is 1. The minimum atomic E-state index is -0.918. The van der Waals surface area contributed by atoms with Gasteiger partial charge in [0.15, 0.2) is 5.78 Å². The zero-order chi connectivity index (χ0) is 23.7. The number of benzene rings is 1. The van der Waals surface area contributed by atoms with Gasteiger partial charge in [-0.2, -0.15) is 0 Å². The predicted octanol–water partition coefficient (Wildman–Crippen LogP) is 3.79. The summed E-state index contributed by atoms with van der Waals surface area (Å²) in [6.07, 6.45) is 4.15. The number of Topliss-reactive ketones (excluding diaryl/α,β-unsaturated/α-hetero) is 1. The summed E-state index contributed by atoms with van der Waals surface area (Å²) in [5.74, 6) is -2.59. The Kier molecular flexibility index (Phi) is 6.58. The van der Waals surface area contributed by atoms with E-state index in [4.69, 9.17) is 14.2 Å². The molecule has 1 saturated carbocycles. The zero-order valence-electron chi connectivity index (χ0n) is 19.6. The lowest BCUT2D eigenvalue weighted by Crippen LogP contribution is -2.43. The lowest BCUT2D eigenvalue weighted by molar-refractivity contribution is -0.151. The highest BCUT2D eigenvalue weighted by molar-refractivity contribution is 6.12. The van der Waals surface area contributed by atoms with E-state index < -0.39 is 23.8 Å². The normalized spacial score (nSPS) is 25.5. The molecule has 1 N–H and O–H groups in total. The molecule has 176 valence electrons. The van der Waals surface area contributed by atoms with E-state index in [0.717, 1.165) is 31.4 Å². The van der Waals surface area contributed by atoms with Crippen molar-refractivity contribution in [2.45, 2.75) is 58.0 Å². The first-order chi connectivity index (χ1) is 15.9. The Morgan fingerprint density at radius 3 is 2.45 bits per heavy atom. The summed E-state index contributed by atoms with van der Waals surface area (Å²) >= 11 is 0. The molecule has 1 aromatic rings. The molecule has 0 bridgehead atoms. The molecule has 3 unspecified atom stereocenters. The number of dihydropyridines is 1. The Morgan fingerprint density at radius 2 is 1.79 bits per heavy atom. The summed E-state index contributed by atoms with van der Waals surface area (Å²) in [5.41, 5.74) is 2.88. The fraction of sp³-hybridized carbons (Fsp3) is 0.500. The van der Waals surface area contributed by atoms with Crippen LogP contribution < -0.4 is 10.1 Å². The SMILES string of the molecule is COC(=O)C1C(=O)C2=C(CC1C)NC(C)=C(C(=O)OC1CCCC1)C2c1ccccc1OC. The van der Waals surface area contributed by atoms with Crippen LogP contribution in [0.15, 0.2) is 46.8 Å². The van der Waals surface area contributed by atoms with Crippen LogP contribution in [0, 0.1) is 11.8 Å². The third kappa shape index (κ3) is 4.16. The first-order valence-corrected chi connectivity index (χ1v) is 11.5. The monoisotopic (exact) mass is 453 g/mol. The average Bonchev–Trinajstić information content (AvgIpc) is 3.30. The Labute approximate surface area is 194 Å². The molecule has 1 fully saturated rings. The summed E-state index contributed by atoms with van der Waals surface area (Å²) in [4.78, 5) is 39.8. The standard InChI is InChI=1S/C26H31NO6/c1-14-13-18-23(24(28)20(14)25(29)32-4)22(17-11-7-8-12-19(17)31-3)21(15(2)27-18)26(30)33-16-9-5-6-10-16/h7-8,11-12,14,16,20,22,27H,5-6,9-10,13H2,1-4H3. The number of rotatable bonds is 5. The van der Waals surface area contributed by atoms with Gasteiger partial charge in [0.2, 0.25) is 0 Å². The van der Waals surface area contributed by atoms with E-state index in [2.05, 4.69) is 5.32 Å². The lowest BCUT2D eigenvalue weighted by Gasteiger charge is -2.38. The summed E-state index contributed by atoms with van der Waals surface area (Å²) < 4.78 is 16.4. The molecule has 0 spiro atoms. The van der Waals surface area contributed by atoms with E-state index in [1.54, 1.807) is 13.2 Å². The first kappa shape index (κ1) is 23.1. The maximum absolute atomic E-state index is 13.8. The van der Waals surface area contributed by atoms with Gasteiger partial charge in [0, 0.05) is 22.5 Å². The number of hydrogen-bond acceptors (Lipinski definition) is 7. The van der Waals surface area contributed by atoms with Crippen LogP contribution >= 0.6 is 0 Å². The molecule has 33 heavy (non-hydrogen) atoms. The van der Waals surface area contributed by atoms with E-state index in [1.165, 1.54) is 7.11 Å². The highest BCUT2D eigenvalue weighted by Gasteiger charge is 2.48. The molecule has 7 heteroatoms. The number of carbonyl (C=O) groups is 3. The van der Waals surface area contributed by atoms with Gasteiger partial charge in [-0.15, -0.1) is 0 Å². The number of esters is 2. The van der Waals surface area contributed by atoms with Gasteiger partial charge in [0.05, 0.1) is 25.7 Å². The molecule has 0 amide bonds. The molecule has 1 aliphatic heterocycles. The van der Waals surface area contributed by atoms with Crippen LogP contribution in [-0.4, -0.2) is 38.0 Å². The van der Waals surface area contributed by atoms with Crippen LogP contribution in [0.25, 0.3) is 0 Å². The number of ether oxygens (including phenoxy) is 3. The number of ketones is 1. The number of methoxy groups -OCH3 is 2. The quantitative estimate of drug-likeness (QED) is 0.536. The second-order valence-electron chi connectivity index (χ2n) is 9.09. The van der Waals surface area contributed by atoms with E-state index in [0.29, 0.717) is 34.6 Å². The van der Waals surface area contributed by atoms with Crippen LogP contribution in [0.1, 0.15) is 57.4 Å². The molecule has 1 aromatic carbocycles. The van der Waals surface area contributed by atoms with Crippen molar-refractivity contribution in [1.29, 1.82) is 0 Å². The fourth-order valence-corrected chi connectivity index (χ4v) is 5.39. The Bertz CT molecular complexity index is 1030.